The third-order valence-electron chi connectivity index (χ3n) is 3.05. The van der Waals surface area contributed by atoms with Crippen molar-refractivity contribution in [2.45, 2.75) is 25.4 Å². The molecule has 0 unspecified atom stereocenters. The highest BCUT2D eigenvalue weighted by atomic mass is 32.1. The molecule has 5 nitrogen and oxygen atoms in total. The number of aliphatic hydroxyl groups excluding tert-OH is 1. The van der Waals surface area contributed by atoms with Gasteiger partial charge in [-0.3, -0.25) is 0 Å². The van der Waals surface area contributed by atoms with Crippen LogP contribution in [0.2, 0.25) is 0 Å². The van der Waals surface area contributed by atoms with Gasteiger partial charge in [0.2, 0.25) is 0 Å². The topological polar surface area (TPSA) is 74.2 Å². The van der Waals surface area contributed by atoms with Crippen molar-refractivity contribution in [3.63, 3.8) is 0 Å². The zero-order chi connectivity index (χ0) is 15.1. The first-order valence-electron chi connectivity index (χ1n) is 6.80. The fraction of sp³-hybridized carbons (Fsp3) is 0.333. The number of amides is 2. The Labute approximate surface area is 128 Å². The predicted octanol–water partition coefficient (Wildman–Crippen LogP) is 2.11. The van der Waals surface area contributed by atoms with Gasteiger partial charge in [-0.15, -0.1) is 11.3 Å². The van der Waals surface area contributed by atoms with Crippen molar-refractivity contribution in [2.75, 3.05) is 6.61 Å². The number of aromatic nitrogens is 1. The SMILES string of the molecule is C[C@@H](NC(=O)N[C@H](CO)Cc1ccccc1)c1nccs1. The van der Waals surface area contributed by atoms with Crippen LogP contribution in [0.25, 0.3) is 0 Å². The minimum absolute atomic E-state index is 0.103. The van der Waals surface area contributed by atoms with Gasteiger partial charge in [0.25, 0.3) is 0 Å². The molecule has 0 fully saturated rings. The summed E-state index contributed by atoms with van der Waals surface area (Å²) in [7, 11) is 0. The number of thiazole rings is 1. The standard InChI is InChI=1S/C15H19N3O2S/c1-11(14-16-7-8-21-14)17-15(20)18-13(10-19)9-12-5-3-2-4-6-12/h2-8,11,13,19H,9-10H2,1H3,(H2,17,18,20)/t11-,13+/m1/s1. The summed E-state index contributed by atoms with van der Waals surface area (Å²) >= 11 is 1.50. The maximum Gasteiger partial charge on any atom is 0.315 e. The first kappa shape index (κ1) is 15.5. The number of nitrogens with zero attached hydrogens (tertiary/aromatic N) is 1. The van der Waals surface area contributed by atoms with E-state index in [4.69, 9.17) is 0 Å². The van der Waals surface area contributed by atoms with Crippen LogP contribution < -0.4 is 10.6 Å². The molecule has 1 aromatic carbocycles. The Bertz CT molecular complexity index is 545. The number of rotatable bonds is 6. The monoisotopic (exact) mass is 305 g/mol. The van der Waals surface area contributed by atoms with Crippen LogP contribution in [0.5, 0.6) is 0 Å². The number of benzene rings is 1. The van der Waals surface area contributed by atoms with E-state index in [1.54, 1.807) is 6.20 Å². The fourth-order valence-electron chi connectivity index (χ4n) is 1.99. The number of carbonyl (C=O) groups excluding carboxylic acids is 1. The molecule has 3 N–H and O–H groups in total. The van der Waals surface area contributed by atoms with Crippen LogP contribution in [0.15, 0.2) is 41.9 Å². The van der Waals surface area contributed by atoms with Crippen molar-refractivity contribution >= 4 is 17.4 Å². The van der Waals surface area contributed by atoms with E-state index in [-0.39, 0.29) is 24.7 Å². The third-order valence-corrected chi connectivity index (χ3v) is 4.01. The van der Waals surface area contributed by atoms with Gasteiger partial charge >= 0.3 is 6.03 Å². The summed E-state index contributed by atoms with van der Waals surface area (Å²) < 4.78 is 0. The molecule has 0 spiro atoms. The number of carbonyl (C=O) groups is 1. The summed E-state index contributed by atoms with van der Waals surface area (Å²) in [5, 5.41) is 17.7. The van der Waals surface area contributed by atoms with Gasteiger partial charge in [-0.05, 0) is 18.9 Å². The molecule has 0 saturated heterocycles. The van der Waals surface area contributed by atoms with Crippen LogP contribution in [0.3, 0.4) is 0 Å². The van der Waals surface area contributed by atoms with E-state index in [9.17, 15) is 9.90 Å². The molecule has 0 aliphatic heterocycles. The van der Waals surface area contributed by atoms with Crippen molar-refractivity contribution in [1.29, 1.82) is 0 Å². The van der Waals surface area contributed by atoms with Crippen LogP contribution in [-0.4, -0.2) is 28.8 Å². The first-order valence-corrected chi connectivity index (χ1v) is 7.68. The van der Waals surface area contributed by atoms with E-state index < -0.39 is 0 Å². The Hall–Kier alpha value is -1.92. The highest BCUT2D eigenvalue weighted by molar-refractivity contribution is 7.09. The maximum atomic E-state index is 12.0. The molecule has 2 rings (SSSR count). The summed E-state index contributed by atoms with van der Waals surface area (Å²) in [5.74, 6) is 0. The van der Waals surface area contributed by atoms with Crippen LogP contribution in [0, 0.1) is 0 Å². The van der Waals surface area contributed by atoms with Crippen molar-refractivity contribution < 1.29 is 9.90 Å². The van der Waals surface area contributed by atoms with E-state index >= 15 is 0 Å². The van der Waals surface area contributed by atoms with Gasteiger partial charge in [-0.25, -0.2) is 9.78 Å². The second-order valence-electron chi connectivity index (χ2n) is 4.78. The molecule has 1 heterocycles. The lowest BCUT2D eigenvalue weighted by Crippen LogP contribution is -2.45. The number of nitrogens with one attached hydrogen (secondary N) is 2. The van der Waals surface area contributed by atoms with E-state index in [0.717, 1.165) is 10.6 Å². The number of hydrogen-bond donors (Lipinski definition) is 3. The second kappa shape index (κ2) is 7.75. The zero-order valence-corrected chi connectivity index (χ0v) is 12.6. The molecule has 0 bridgehead atoms. The minimum Gasteiger partial charge on any atom is -0.394 e. The first-order chi connectivity index (χ1) is 10.2. The van der Waals surface area contributed by atoms with Crippen LogP contribution in [0.1, 0.15) is 23.5 Å². The summed E-state index contributed by atoms with van der Waals surface area (Å²) in [6.07, 6.45) is 2.30. The molecular weight excluding hydrogens is 286 g/mol. The molecule has 0 saturated carbocycles. The van der Waals surface area contributed by atoms with E-state index in [2.05, 4.69) is 15.6 Å². The Kier molecular flexibility index (Phi) is 5.71. The van der Waals surface area contributed by atoms with Gasteiger partial charge in [-0.2, -0.15) is 0 Å². The highest BCUT2D eigenvalue weighted by Crippen LogP contribution is 2.14. The van der Waals surface area contributed by atoms with Crippen LogP contribution in [0.4, 0.5) is 4.79 Å². The molecule has 2 amide bonds. The van der Waals surface area contributed by atoms with Gasteiger partial charge < -0.3 is 15.7 Å². The van der Waals surface area contributed by atoms with E-state index in [1.165, 1.54) is 11.3 Å². The molecule has 2 aromatic rings. The summed E-state index contributed by atoms with van der Waals surface area (Å²) in [6.45, 7) is 1.78. The molecule has 2 atom stereocenters. The Balaban J connectivity index is 1.85. The van der Waals surface area contributed by atoms with E-state index in [0.29, 0.717) is 6.42 Å². The highest BCUT2D eigenvalue weighted by Gasteiger charge is 2.15. The third kappa shape index (κ3) is 4.84. The summed E-state index contributed by atoms with van der Waals surface area (Å²) in [5.41, 5.74) is 1.07. The molecule has 1 aromatic heterocycles. The van der Waals surface area contributed by atoms with Crippen molar-refractivity contribution in [3.05, 3.63) is 52.5 Å². The largest absolute Gasteiger partial charge is 0.394 e. The predicted molar refractivity (Wildman–Crippen MR) is 83.2 cm³/mol. The van der Waals surface area contributed by atoms with Crippen molar-refractivity contribution in [2.24, 2.45) is 0 Å². The van der Waals surface area contributed by atoms with Gasteiger partial charge in [-0.1, -0.05) is 30.3 Å². The molecule has 112 valence electrons. The lowest BCUT2D eigenvalue weighted by molar-refractivity contribution is 0.213. The van der Waals surface area contributed by atoms with E-state index in [1.807, 2.05) is 42.6 Å². The molecule has 0 radical (unpaired) electrons. The molecule has 0 aliphatic carbocycles. The molecule has 21 heavy (non-hydrogen) atoms. The van der Waals surface area contributed by atoms with Gasteiger partial charge in [0, 0.05) is 11.6 Å². The quantitative estimate of drug-likeness (QED) is 0.765. The maximum absolute atomic E-state index is 12.0. The number of hydrogen-bond acceptors (Lipinski definition) is 4. The lowest BCUT2D eigenvalue weighted by atomic mass is 10.1. The smallest absolute Gasteiger partial charge is 0.315 e. The van der Waals surface area contributed by atoms with Gasteiger partial charge in [0.15, 0.2) is 0 Å². The van der Waals surface area contributed by atoms with Gasteiger partial charge in [0.1, 0.15) is 5.01 Å². The zero-order valence-electron chi connectivity index (χ0n) is 11.8. The average molecular weight is 305 g/mol. The van der Waals surface area contributed by atoms with Crippen LogP contribution >= 0.6 is 11.3 Å². The Morgan fingerprint density at radius 3 is 2.71 bits per heavy atom. The minimum atomic E-state index is -0.309. The Morgan fingerprint density at radius 2 is 2.10 bits per heavy atom. The molecule has 0 aliphatic rings. The van der Waals surface area contributed by atoms with Crippen molar-refractivity contribution in [1.82, 2.24) is 15.6 Å². The second-order valence-corrected chi connectivity index (χ2v) is 5.71. The number of aliphatic hydroxyl groups is 1. The fourth-order valence-corrected chi connectivity index (χ4v) is 2.64. The van der Waals surface area contributed by atoms with Crippen LogP contribution in [-0.2, 0) is 6.42 Å². The van der Waals surface area contributed by atoms with Gasteiger partial charge in [0.05, 0.1) is 18.7 Å². The summed E-state index contributed by atoms with van der Waals surface area (Å²) in [4.78, 5) is 16.1. The van der Waals surface area contributed by atoms with Crippen molar-refractivity contribution in [3.8, 4) is 0 Å². The number of urea groups is 1. The lowest BCUT2D eigenvalue weighted by Gasteiger charge is -2.18. The molecule has 6 heteroatoms. The Morgan fingerprint density at radius 1 is 1.33 bits per heavy atom. The normalized spacial score (nSPS) is 13.4. The molecular formula is C15H19N3O2S. The summed E-state index contributed by atoms with van der Waals surface area (Å²) in [6, 6.07) is 9.00. The average Bonchev–Trinajstić information content (AvgIpc) is 3.02.